The van der Waals surface area contributed by atoms with Crippen molar-refractivity contribution in [3.05, 3.63) is 71.8 Å². The molecule has 306 valence electrons. The van der Waals surface area contributed by atoms with Crippen LogP contribution in [0.3, 0.4) is 0 Å². The summed E-state index contributed by atoms with van der Waals surface area (Å²) in [5.41, 5.74) is 0.536. The average Bonchev–Trinajstić information content (AvgIpc) is 3.46. The van der Waals surface area contributed by atoms with Crippen LogP contribution in [0.2, 0.25) is 0 Å². The molecular weight excluding hydrogens is 755 g/mol. The number of benzene rings is 2. The number of nitrogens with one attached hydrogen (secondary N) is 3. The van der Waals surface area contributed by atoms with Crippen molar-refractivity contribution in [1.82, 2.24) is 25.2 Å². The molecule has 57 heavy (non-hydrogen) atoms. The molecule has 5 aliphatic rings. The Morgan fingerprint density at radius 3 is 2.47 bits per heavy atom. The second-order valence-electron chi connectivity index (χ2n) is 15.6. The number of carbonyl (C=O) groups excluding carboxylic acids is 5. The van der Waals surface area contributed by atoms with Gasteiger partial charge in [0.1, 0.15) is 35.6 Å². The maximum absolute atomic E-state index is 14.5. The van der Waals surface area contributed by atoms with E-state index in [-0.39, 0.29) is 36.1 Å². The third kappa shape index (κ3) is 9.21. The lowest BCUT2D eigenvalue weighted by Gasteiger charge is -2.30. The van der Waals surface area contributed by atoms with E-state index < -0.39 is 69.6 Å². The zero-order valence-electron chi connectivity index (χ0n) is 32.2. The molecule has 3 heterocycles. The van der Waals surface area contributed by atoms with Crippen molar-refractivity contribution in [3.8, 4) is 5.75 Å². The summed E-state index contributed by atoms with van der Waals surface area (Å²) in [5.74, 6) is -2.41. The molecule has 0 bridgehead atoms. The summed E-state index contributed by atoms with van der Waals surface area (Å²) in [7, 11) is -2.98. The fourth-order valence-electron chi connectivity index (χ4n) is 8.41. The number of nitrogens with zero attached hydrogens (tertiary/aromatic N) is 2. The largest absolute Gasteiger partial charge is 0.497 e. The van der Waals surface area contributed by atoms with Gasteiger partial charge in [0.25, 0.3) is 15.9 Å². The molecule has 0 spiro atoms. The molecule has 1 saturated heterocycles. The van der Waals surface area contributed by atoms with Crippen LogP contribution in [-0.2, 0) is 46.8 Å². The van der Waals surface area contributed by atoms with Crippen molar-refractivity contribution in [2.24, 2.45) is 5.92 Å². The van der Waals surface area contributed by atoms with E-state index in [1.807, 2.05) is 36.4 Å². The summed E-state index contributed by atoms with van der Waals surface area (Å²) in [6, 6.07) is 11.3. The van der Waals surface area contributed by atoms with Crippen molar-refractivity contribution in [2.75, 3.05) is 20.2 Å². The first-order chi connectivity index (χ1) is 27.5. The van der Waals surface area contributed by atoms with Crippen molar-refractivity contribution >= 4 is 39.9 Å². The number of rotatable bonds is 7. The maximum Gasteiger partial charge on any atom is 0.410 e. The third-order valence-electron chi connectivity index (χ3n) is 11.7. The van der Waals surface area contributed by atoms with Crippen LogP contribution in [0.25, 0.3) is 0 Å². The zero-order valence-corrected chi connectivity index (χ0v) is 33.0. The molecule has 5 atom stereocenters. The summed E-state index contributed by atoms with van der Waals surface area (Å²) in [6.45, 7) is 0.666. The van der Waals surface area contributed by atoms with Crippen LogP contribution in [0.15, 0.2) is 65.6 Å². The number of methoxy groups -OCH3 is 1. The second kappa shape index (κ2) is 17.2. The molecule has 5 amide bonds. The highest BCUT2D eigenvalue weighted by molar-refractivity contribution is 7.90. The molecule has 3 fully saturated rings. The second-order valence-corrected chi connectivity index (χ2v) is 17.3. The van der Waals surface area contributed by atoms with Crippen LogP contribution >= 0.6 is 0 Å². The van der Waals surface area contributed by atoms with E-state index in [9.17, 15) is 32.4 Å². The van der Waals surface area contributed by atoms with Gasteiger partial charge >= 0.3 is 12.2 Å². The minimum atomic E-state index is -4.38. The number of allylic oxidation sites excluding steroid dienone is 1. The zero-order chi connectivity index (χ0) is 40.2. The number of ether oxygens (including phenoxy) is 3. The number of carbonyl (C=O) groups is 5. The predicted octanol–water partition coefficient (Wildman–Crippen LogP) is 4.10. The number of hydrogen-bond acceptors (Lipinski definition) is 10. The lowest BCUT2D eigenvalue weighted by Crippen LogP contribution is -2.58. The molecule has 0 radical (unpaired) electrons. The minimum Gasteiger partial charge on any atom is -0.497 e. The van der Waals surface area contributed by atoms with Crippen molar-refractivity contribution in [1.29, 1.82) is 0 Å². The first kappa shape index (κ1) is 40.1. The number of hydrogen-bond donors (Lipinski definition) is 3. The third-order valence-corrected chi connectivity index (χ3v) is 13.1. The van der Waals surface area contributed by atoms with Gasteiger partial charge in [-0.25, -0.2) is 22.7 Å². The minimum absolute atomic E-state index is 0.0761. The Kier molecular flexibility index (Phi) is 12.1. The van der Waals surface area contributed by atoms with E-state index in [0.29, 0.717) is 38.8 Å². The molecular formula is C41H51N5O10S. The topological polar surface area (TPSA) is 190 Å². The number of sulfonamides is 1. The number of alkyl carbamates (subject to hydrolysis) is 1. The van der Waals surface area contributed by atoms with E-state index in [1.54, 1.807) is 11.0 Å². The molecule has 2 saturated carbocycles. The molecule has 0 aromatic heterocycles. The van der Waals surface area contributed by atoms with Crippen LogP contribution < -0.4 is 20.1 Å². The van der Waals surface area contributed by atoms with E-state index in [1.165, 1.54) is 30.2 Å². The fraction of sp³-hybridized carbons (Fsp3) is 0.537. The van der Waals surface area contributed by atoms with Crippen molar-refractivity contribution in [3.63, 3.8) is 0 Å². The summed E-state index contributed by atoms with van der Waals surface area (Å²) in [4.78, 5) is 72.3. The molecule has 3 aliphatic heterocycles. The number of amides is 5. The summed E-state index contributed by atoms with van der Waals surface area (Å²) in [6.07, 6.45) is 8.51. The van der Waals surface area contributed by atoms with Crippen LogP contribution in [-0.4, -0.2) is 98.2 Å². The van der Waals surface area contributed by atoms with E-state index in [0.717, 1.165) is 49.7 Å². The van der Waals surface area contributed by atoms with Gasteiger partial charge in [0.05, 0.1) is 18.6 Å². The Balaban J connectivity index is 1.13. The van der Waals surface area contributed by atoms with Crippen molar-refractivity contribution < 1.29 is 46.6 Å². The fourth-order valence-corrected chi connectivity index (χ4v) is 9.48. The first-order valence-corrected chi connectivity index (χ1v) is 21.4. The molecule has 16 heteroatoms. The van der Waals surface area contributed by atoms with Crippen LogP contribution in [0.1, 0.15) is 81.8 Å². The van der Waals surface area contributed by atoms with Crippen LogP contribution in [0.4, 0.5) is 9.59 Å². The van der Waals surface area contributed by atoms with Crippen molar-refractivity contribution in [2.45, 2.75) is 118 Å². The predicted molar refractivity (Wildman–Crippen MR) is 206 cm³/mol. The standard InChI is InChI=1S/C41H51N5O10S/c1-54-31-17-11-18-33(22-31)57(52,53)44-38(49)41-24-29(41)14-5-3-2-4-6-19-34(42-39(50)55-30-15-9-10-16-30)37(48)46-26-32(23-35(46)36(47)43-41)56-40(51)45-21-20-27-12-7-8-13-28(27)25-45/h5,7-8,11-14,17-18,22,29-30,32,34-35H,2-4,6,9-10,15-16,19-21,23-26H2,1H3,(H,42,50)(H,43,47)(H,44,49)/b14-5-/t29-,32-,34+,35+,41-/m1/s1. The van der Waals surface area contributed by atoms with Gasteiger partial charge in [0.15, 0.2) is 0 Å². The van der Waals surface area contributed by atoms with E-state index >= 15 is 0 Å². The SMILES string of the molecule is COc1cccc(S(=O)(=O)NC(=O)[C@@]23C[C@H]2/C=C\CCCCC[C@H](NC(=O)OC2CCCC2)C(=O)N2C[C@H](OC(=O)N4CCc5ccccc5C4)C[C@H]2C(=O)N3)c1. The Labute approximate surface area is 332 Å². The Hall–Kier alpha value is -5.12. The van der Waals surface area contributed by atoms with Gasteiger partial charge in [-0.2, -0.15) is 0 Å². The lowest BCUT2D eigenvalue weighted by molar-refractivity contribution is -0.141. The van der Waals surface area contributed by atoms with Crippen LogP contribution in [0.5, 0.6) is 5.75 Å². The average molecular weight is 806 g/mol. The first-order valence-electron chi connectivity index (χ1n) is 20.0. The molecule has 0 unspecified atom stereocenters. The highest BCUT2D eigenvalue weighted by Gasteiger charge is 2.61. The number of fused-ring (bicyclic) bond motifs is 3. The smallest absolute Gasteiger partial charge is 0.410 e. The van der Waals surface area contributed by atoms with Gasteiger partial charge in [-0.1, -0.05) is 55.3 Å². The monoisotopic (exact) mass is 805 g/mol. The lowest BCUT2D eigenvalue weighted by atomic mass is 10.0. The summed E-state index contributed by atoms with van der Waals surface area (Å²) >= 11 is 0. The van der Waals surface area contributed by atoms with Gasteiger partial charge < -0.3 is 34.6 Å². The normalized spacial score (nSPS) is 27.3. The molecule has 2 aliphatic carbocycles. The summed E-state index contributed by atoms with van der Waals surface area (Å²) in [5, 5.41) is 5.60. The molecule has 15 nitrogen and oxygen atoms in total. The Morgan fingerprint density at radius 2 is 1.68 bits per heavy atom. The van der Waals surface area contributed by atoms with E-state index in [2.05, 4.69) is 15.4 Å². The molecule has 3 N–H and O–H groups in total. The van der Waals surface area contributed by atoms with Crippen LogP contribution in [0, 0.1) is 5.92 Å². The molecule has 2 aromatic rings. The van der Waals surface area contributed by atoms with E-state index in [4.69, 9.17) is 14.2 Å². The highest BCUT2D eigenvalue weighted by Crippen LogP contribution is 2.46. The molecule has 2 aromatic carbocycles. The van der Waals surface area contributed by atoms with Gasteiger partial charge in [-0.05, 0) is 81.0 Å². The van der Waals surface area contributed by atoms with Gasteiger partial charge in [0, 0.05) is 31.5 Å². The summed E-state index contributed by atoms with van der Waals surface area (Å²) < 4.78 is 45.8. The quantitative estimate of drug-likeness (QED) is 0.344. The van der Waals surface area contributed by atoms with Gasteiger partial charge in [-0.3, -0.25) is 14.4 Å². The maximum atomic E-state index is 14.5. The Morgan fingerprint density at radius 1 is 0.912 bits per heavy atom. The Bertz CT molecular complexity index is 2000. The molecule has 7 rings (SSSR count). The highest BCUT2D eigenvalue weighted by atomic mass is 32.2. The van der Waals surface area contributed by atoms with Gasteiger partial charge in [-0.15, -0.1) is 0 Å². The van der Waals surface area contributed by atoms with Gasteiger partial charge in [0.2, 0.25) is 11.8 Å².